The van der Waals surface area contributed by atoms with E-state index in [-0.39, 0.29) is 6.04 Å². The van der Waals surface area contributed by atoms with Crippen molar-refractivity contribution in [2.75, 3.05) is 0 Å². The molecule has 2 aromatic rings. The summed E-state index contributed by atoms with van der Waals surface area (Å²) in [6.07, 6.45) is 1.89. The highest BCUT2D eigenvalue weighted by atomic mass is 35.5. The average molecular weight is 237 g/mol. The number of nitrogens with one attached hydrogen (secondary N) is 1. The summed E-state index contributed by atoms with van der Waals surface area (Å²) in [4.78, 5) is 3.41. The highest BCUT2D eigenvalue weighted by Gasteiger charge is 2.08. The monoisotopic (exact) mass is 236 g/mol. The first-order chi connectivity index (χ1) is 7.61. The van der Waals surface area contributed by atoms with Gasteiger partial charge in [0.15, 0.2) is 0 Å². The van der Waals surface area contributed by atoms with Crippen LogP contribution < -0.4 is 5.73 Å². The Morgan fingerprint density at radius 2 is 2.19 bits per heavy atom. The largest absolute Gasteiger partial charge is 0.358 e. The highest BCUT2D eigenvalue weighted by molar-refractivity contribution is 6.32. The minimum Gasteiger partial charge on any atom is -0.358 e. The van der Waals surface area contributed by atoms with Gasteiger partial charge < -0.3 is 10.7 Å². The second-order valence-corrected chi connectivity index (χ2v) is 4.71. The summed E-state index contributed by atoms with van der Waals surface area (Å²) in [5.41, 5.74) is 9.38. The molecule has 0 bridgehead atoms. The lowest BCUT2D eigenvalue weighted by molar-refractivity contribution is 0.639. The average Bonchev–Trinajstić information content (AvgIpc) is 2.67. The summed E-state index contributed by atoms with van der Waals surface area (Å²) >= 11 is 6.09. The van der Waals surface area contributed by atoms with Gasteiger partial charge in [0.25, 0.3) is 0 Å². The normalized spacial score (nSPS) is 13.2. The Morgan fingerprint density at radius 1 is 1.44 bits per heavy atom. The highest BCUT2D eigenvalue weighted by Crippen LogP contribution is 2.25. The zero-order valence-electron chi connectivity index (χ0n) is 9.68. The van der Waals surface area contributed by atoms with E-state index in [1.165, 1.54) is 11.1 Å². The van der Waals surface area contributed by atoms with Crippen molar-refractivity contribution in [2.45, 2.75) is 32.7 Å². The van der Waals surface area contributed by atoms with Crippen molar-refractivity contribution in [3.8, 4) is 0 Å². The summed E-state index contributed by atoms with van der Waals surface area (Å²) in [6, 6.07) is 6.37. The fraction of sp³-hybridized carbons (Fsp3) is 0.385. The smallest absolute Gasteiger partial charge is 0.0500 e. The third kappa shape index (κ3) is 2.08. The lowest BCUT2D eigenvalue weighted by Gasteiger charge is -2.05. The fourth-order valence-electron chi connectivity index (χ4n) is 1.91. The lowest BCUT2D eigenvalue weighted by Crippen LogP contribution is -2.21. The Labute approximate surface area is 101 Å². The number of H-pyrrole nitrogens is 1. The molecule has 0 aliphatic heterocycles. The molecule has 3 N–H and O–H groups in total. The van der Waals surface area contributed by atoms with Crippen LogP contribution in [-0.2, 0) is 6.42 Å². The topological polar surface area (TPSA) is 41.8 Å². The molecule has 0 radical (unpaired) electrons. The molecule has 0 aliphatic rings. The molecule has 2 rings (SSSR count). The number of aryl methyl sites for hydroxylation is 1. The van der Waals surface area contributed by atoms with Gasteiger partial charge in [-0.2, -0.15) is 0 Å². The number of hydrogen-bond acceptors (Lipinski definition) is 1. The number of nitrogens with two attached hydrogens (primary N) is 1. The number of aromatic amines is 1. The molecular formula is C13H17ClN2. The van der Waals surface area contributed by atoms with Crippen molar-refractivity contribution in [1.82, 2.24) is 4.98 Å². The maximum atomic E-state index is 6.09. The zero-order valence-corrected chi connectivity index (χ0v) is 10.4. The quantitative estimate of drug-likeness (QED) is 0.843. The fourth-order valence-corrected chi connectivity index (χ4v) is 2.07. The number of aromatic nitrogens is 1. The second kappa shape index (κ2) is 4.48. The molecule has 1 aromatic carbocycles. The van der Waals surface area contributed by atoms with Gasteiger partial charge in [-0.15, -0.1) is 0 Å². The summed E-state index contributed by atoms with van der Waals surface area (Å²) in [6.45, 7) is 4.14. The Balaban J connectivity index is 2.40. The van der Waals surface area contributed by atoms with Gasteiger partial charge in [-0.3, -0.25) is 0 Å². The van der Waals surface area contributed by atoms with Crippen molar-refractivity contribution in [2.24, 2.45) is 5.73 Å². The van der Waals surface area contributed by atoms with Crippen LogP contribution in [0.4, 0.5) is 0 Å². The van der Waals surface area contributed by atoms with Crippen molar-refractivity contribution in [3.05, 3.63) is 34.5 Å². The standard InChI is InChI=1S/C13H17ClN2/c1-3-10(15)7-11-6-9-4-5-12(14)8(2)13(9)16-11/h4-6,10,16H,3,7,15H2,1-2H3. The van der Waals surface area contributed by atoms with Gasteiger partial charge in [0.05, 0.1) is 5.52 Å². The van der Waals surface area contributed by atoms with Crippen molar-refractivity contribution in [3.63, 3.8) is 0 Å². The van der Waals surface area contributed by atoms with E-state index in [0.29, 0.717) is 0 Å². The number of fused-ring (bicyclic) bond motifs is 1. The van der Waals surface area contributed by atoms with E-state index in [9.17, 15) is 0 Å². The van der Waals surface area contributed by atoms with Gasteiger partial charge in [-0.05, 0) is 31.0 Å². The Kier molecular flexibility index (Phi) is 3.22. The minimum absolute atomic E-state index is 0.226. The molecule has 3 heteroatoms. The molecular weight excluding hydrogens is 220 g/mol. The van der Waals surface area contributed by atoms with Gasteiger partial charge >= 0.3 is 0 Å². The first-order valence-electron chi connectivity index (χ1n) is 5.64. The number of rotatable bonds is 3. The van der Waals surface area contributed by atoms with Crippen LogP contribution >= 0.6 is 11.6 Å². The first kappa shape index (κ1) is 11.5. The Bertz CT molecular complexity index is 502. The molecule has 0 amide bonds. The molecule has 0 saturated heterocycles. The van der Waals surface area contributed by atoms with E-state index in [4.69, 9.17) is 17.3 Å². The molecule has 0 saturated carbocycles. The molecule has 1 atom stereocenters. The Morgan fingerprint density at radius 3 is 2.88 bits per heavy atom. The van der Waals surface area contributed by atoms with Gasteiger partial charge in [-0.25, -0.2) is 0 Å². The van der Waals surface area contributed by atoms with Crippen LogP contribution in [0.1, 0.15) is 24.6 Å². The molecule has 0 aliphatic carbocycles. The van der Waals surface area contributed by atoms with E-state index in [2.05, 4.69) is 18.0 Å². The van der Waals surface area contributed by atoms with Crippen LogP contribution in [0.2, 0.25) is 5.02 Å². The van der Waals surface area contributed by atoms with Crippen molar-refractivity contribution in [1.29, 1.82) is 0 Å². The van der Waals surface area contributed by atoms with E-state index in [1.807, 2.05) is 19.1 Å². The van der Waals surface area contributed by atoms with E-state index < -0.39 is 0 Å². The van der Waals surface area contributed by atoms with Crippen LogP contribution in [0.25, 0.3) is 10.9 Å². The SMILES string of the molecule is CCC(N)Cc1cc2ccc(Cl)c(C)c2[nH]1. The molecule has 0 fully saturated rings. The van der Waals surface area contributed by atoms with Crippen LogP contribution in [0, 0.1) is 6.92 Å². The summed E-state index contributed by atoms with van der Waals surface area (Å²) in [7, 11) is 0. The summed E-state index contributed by atoms with van der Waals surface area (Å²) in [5, 5.41) is 2.01. The predicted molar refractivity (Wildman–Crippen MR) is 70.0 cm³/mol. The summed E-state index contributed by atoms with van der Waals surface area (Å²) < 4.78 is 0. The summed E-state index contributed by atoms with van der Waals surface area (Å²) in [5.74, 6) is 0. The molecule has 1 aromatic heterocycles. The number of halogens is 1. The van der Waals surface area contributed by atoms with Crippen LogP contribution in [0.3, 0.4) is 0 Å². The molecule has 0 spiro atoms. The second-order valence-electron chi connectivity index (χ2n) is 4.30. The molecule has 2 nitrogen and oxygen atoms in total. The van der Waals surface area contributed by atoms with Gasteiger partial charge in [-0.1, -0.05) is 24.6 Å². The molecule has 86 valence electrons. The van der Waals surface area contributed by atoms with E-state index in [1.54, 1.807) is 0 Å². The molecule has 1 heterocycles. The van der Waals surface area contributed by atoms with Crippen molar-refractivity contribution < 1.29 is 0 Å². The van der Waals surface area contributed by atoms with E-state index >= 15 is 0 Å². The molecule has 1 unspecified atom stereocenters. The Hall–Kier alpha value is -0.990. The maximum absolute atomic E-state index is 6.09. The van der Waals surface area contributed by atoms with Gasteiger partial charge in [0, 0.05) is 28.6 Å². The third-order valence-electron chi connectivity index (χ3n) is 3.05. The zero-order chi connectivity index (χ0) is 11.7. The van der Waals surface area contributed by atoms with Gasteiger partial charge in [0.1, 0.15) is 0 Å². The third-order valence-corrected chi connectivity index (χ3v) is 3.46. The van der Waals surface area contributed by atoms with Crippen LogP contribution in [-0.4, -0.2) is 11.0 Å². The predicted octanol–water partition coefficient (Wildman–Crippen LogP) is 3.41. The molecule has 16 heavy (non-hydrogen) atoms. The number of benzene rings is 1. The maximum Gasteiger partial charge on any atom is 0.0500 e. The lowest BCUT2D eigenvalue weighted by atomic mass is 10.1. The minimum atomic E-state index is 0.226. The number of hydrogen-bond donors (Lipinski definition) is 2. The van der Waals surface area contributed by atoms with Crippen molar-refractivity contribution >= 4 is 22.5 Å². The first-order valence-corrected chi connectivity index (χ1v) is 6.02. The van der Waals surface area contributed by atoms with Crippen LogP contribution in [0.15, 0.2) is 18.2 Å². The van der Waals surface area contributed by atoms with Crippen LogP contribution in [0.5, 0.6) is 0 Å². The van der Waals surface area contributed by atoms with Gasteiger partial charge in [0.2, 0.25) is 0 Å². The van der Waals surface area contributed by atoms with E-state index in [0.717, 1.165) is 28.9 Å².